The zero-order chi connectivity index (χ0) is 20.0. The number of alkyl halides is 3. The fraction of sp³-hybridized carbons (Fsp3) is 0.526. The predicted molar refractivity (Wildman–Crippen MR) is 100 cm³/mol. The van der Waals surface area contributed by atoms with Crippen molar-refractivity contribution in [1.29, 1.82) is 0 Å². The summed E-state index contributed by atoms with van der Waals surface area (Å²) >= 11 is -1.24. The van der Waals surface area contributed by atoms with Crippen LogP contribution in [0.25, 0.3) is 5.69 Å². The highest BCUT2D eigenvalue weighted by molar-refractivity contribution is 7.90. The third-order valence-corrected chi connectivity index (χ3v) is 6.35. The van der Waals surface area contributed by atoms with E-state index in [-0.39, 0.29) is 6.04 Å². The molecule has 0 bridgehead atoms. The van der Waals surface area contributed by atoms with Gasteiger partial charge in [0.1, 0.15) is 4.75 Å². The van der Waals surface area contributed by atoms with E-state index < -0.39 is 27.8 Å². The van der Waals surface area contributed by atoms with E-state index in [0.717, 1.165) is 29.6 Å². The second kappa shape index (κ2) is 7.14. The zero-order valence-electron chi connectivity index (χ0n) is 15.9. The summed E-state index contributed by atoms with van der Waals surface area (Å²) < 4.78 is 56.0. The molecule has 0 saturated heterocycles. The number of halogens is 3. The van der Waals surface area contributed by atoms with Crippen LogP contribution in [0.15, 0.2) is 24.5 Å². The molecule has 27 heavy (non-hydrogen) atoms. The van der Waals surface area contributed by atoms with Crippen molar-refractivity contribution in [2.45, 2.75) is 63.9 Å². The van der Waals surface area contributed by atoms with Crippen LogP contribution in [0, 0.1) is 0 Å². The molecule has 148 valence electrons. The minimum Gasteiger partial charge on any atom is -0.598 e. The monoisotopic (exact) mass is 399 g/mol. The van der Waals surface area contributed by atoms with E-state index in [1.807, 2.05) is 32.3 Å². The van der Waals surface area contributed by atoms with Gasteiger partial charge < -0.3 is 9.12 Å². The summed E-state index contributed by atoms with van der Waals surface area (Å²) in [6, 6.07) is 3.64. The molecule has 1 unspecified atom stereocenters. The second-order valence-corrected chi connectivity index (χ2v) is 9.86. The lowest BCUT2D eigenvalue weighted by atomic mass is 10.0. The Morgan fingerprint density at radius 2 is 1.93 bits per heavy atom. The molecular weight excluding hydrogens is 375 g/mol. The molecular formula is C19H24F3N3OS. The van der Waals surface area contributed by atoms with E-state index in [1.165, 1.54) is 12.1 Å². The average molecular weight is 399 g/mol. The Balaban J connectivity index is 1.95. The van der Waals surface area contributed by atoms with E-state index in [9.17, 15) is 17.7 Å². The number of nitrogens with zero attached hydrogens (tertiary/aromatic N) is 2. The first kappa shape index (κ1) is 20.2. The first-order chi connectivity index (χ1) is 12.5. The van der Waals surface area contributed by atoms with E-state index >= 15 is 0 Å². The summed E-state index contributed by atoms with van der Waals surface area (Å²) in [6.07, 6.45) is -0.669. The van der Waals surface area contributed by atoms with Gasteiger partial charge >= 0.3 is 6.18 Å². The highest BCUT2D eigenvalue weighted by atomic mass is 32.2. The summed E-state index contributed by atoms with van der Waals surface area (Å²) in [5, 5.41) is 0. The Hall–Kier alpha value is -1.51. The van der Waals surface area contributed by atoms with Crippen LogP contribution >= 0.6 is 0 Å². The normalized spacial score (nSPS) is 17.0. The van der Waals surface area contributed by atoms with Crippen LogP contribution in [-0.4, -0.2) is 18.9 Å². The predicted octanol–water partition coefficient (Wildman–Crippen LogP) is 4.49. The number of imidazole rings is 1. The molecule has 8 heteroatoms. The molecule has 2 heterocycles. The molecule has 4 nitrogen and oxygen atoms in total. The van der Waals surface area contributed by atoms with Gasteiger partial charge in [0.2, 0.25) is 0 Å². The van der Waals surface area contributed by atoms with Gasteiger partial charge in [-0.25, -0.2) is 4.98 Å². The van der Waals surface area contributed by atoms with Gasteiger partial charge in [0, 0.05) is 22.7 Å². The van der Waals surface area contributed by atoms with Crippen molar-refractivity contribution >= 4 is 11.4 Å². The SMILES string of the molecule is C[C@H](N[S+]([O-])C(C)(C)C)c1ncn2c1CCCc1cc(C(F)(F)F)ccc1-2. The van der Waals surface area contributed by atoms with E-state index in [1.54, 1.807) is 6.33 Å². The van der Waals surface area contributed by atoms with Crippen LogP contribution in [0.1, 0.15) is 62.7 Å². The lowest BCUT2D eigenvalue weighted by Gasteiger charge is -2.26. The number of hydrogen-bond acceptors (Lipinski definition) is 3. The maximum atomic E-state index is 13.0. The summed E-state index contributed by atoms with van der Waals surface area (Å²) in [7, 11) is 0. The molecule has 2 atom stereocenters. The molecule has 2 aromatic rings. The van der Waals surface area contributed by atoms with Crippen LogP contribution in [-0.2, 0) is 30.4 Å². The summed E-state index contributed by atoms with van der Waals surface area (Å²) in [6.45, 7) is 7.59. The largest absolute Gasteiger partial charge is 0.598 e. The van der Waals surface area contributed by atoms with Gasteiger partial charge in [0.15, 0.2) is 0 Å². The van der Waals surface area contributed by atoms with Crippen LogP contribution in [0.4, 0.5) is 13.2 Å². The highest BCUT2D eigenvalue weighted by Gasteiger charge is 2.33. The summed E-state index contributed by atoms with van der Waals surface area (Å²) in [4.78, 5) is 4.49. The third-order valence-electron chi connectivity index (χ3n) is 4.67. The fourth-order valence-corrected chi connectivity index (χ4v) is 4.03. The molecule has 3 rings (SSSR count). The maximum Gasteiger partial charge on any atom is 0.416 e. The second-order valence-electron chi connectivity index (χ2n) is 7.86. The first-order valence-corrected chi connectivity index (χ1v) is 10.1. The van der Waals surface area contributed by atoms with Gasteiger partial charge in [-0.15, -0.1) is 4.72 Å². The maximum absolute atomic E-state index is 13.0. The molecule has 1 aromatic heterocycles. The van der Waals surface area contributed by atoms with Gasteiger partial charge in [0.05, 0.1) is 23.6 Å². The molecule has 1 aliphatic rings. The summed E-state index contributed by atoms with van der Waals surface area (Å²) in [5.74, 6) is 0. The number of hydrogen-bond donors (Lipinski definition) is 1. The topological polar surface area (TPSA) is 52.9 Å². The Morgan fingerprint density at radius 3 is 2.56 bits per heavy atom. The Morgan fingerprint density at radius 1 is 1.22 bits per heavy atom. The Bertz CT molecular complexity index is 827. The lowest BCUT2D eigenvalue weighted by Crippen LogP contribution is -2.40. The van der Waals surface area contributed by atoms with Crippen molar-refractivity contribution in [3.63, 3.8) is 0 Å². The Labute approximate surface area is 160 Å². The molecule has 1 N–H and O–H groups in total. The van der Waals surface area contributed by atoms with Crippen molar-refractivity contribution in [3.8, 4) is 5.69 Å². The quantitative estimate of drug-likeness (QED) is 0.774. The first-order valence-electron chi connectivity index (χ1n) is 8.93. The van der Waals surface area contributed by atoms with Crippen molar-refractivity contribution in [2.24, 2.45) is 0 Å². The third kappa shape index (κ3) is 4.17. The molecule has 1 aromatic carbocycles. The molecule has 0 aliphatic carbocycles. The molecule has 0 saturated carbocycles. The van der Waals surface area contributed by atoms with Crippen LogP contribution in [0.3, 0.4) is 0 Å². The van der Waals surface area contributed by atoms with Gasteiger partial charge in [-0.1, -0.05) is 0 Å². The van der Waals surface area contributed by atoms with Crippen LogP contribution in [0.5, 0.6) is 0 Å². The van der Waals surface area contributed by atoms with Crippen molar-refractivity contribution < 1.29 is 17.7 Å². The van der Waals surface area contributed by atoms with Crippen molar-refractivity contribution in [1.82, 2.24) is 14.3 Å². The number of aromatic nitrogens is 2. The van der Waals surface area contributed by atoms with Gasteiger partial charge in [-0.2, -0.15) is 13.2 Å². The lowest BCUT2D eigenvalue weighted by molar-refractivity contribution is -0.137. The molecule has 0 radical (unpaired) electrons. The van der Waals surface area contributed by atoms with E-state index in [4.69, 9.17) is 0 Å². The zero-order valence-corrected chi connectivity index (χ0v) is 16.7. The van der Waals surface area contributed by atoms with Gasteiger partial charge in [-0.3, -0.25) is 0 Å². The fourth-order valence-electron chi connectivity index (χ4n) is 3.24. The minimum absolute atomic E-state index is 0.225. The van der Waals surface area contributed by atoms with Crippen molar-refractivity contribution in [3.05, 3.63) is 47.0 Å². The summed E-state index contributed by atoms with van der Waals surface area (Å²) in [5.41, 5.74) is 2.53. The smallest absolute Gasteiger partial charge is 0.416 e. The number of rotatable bonds is 3. The molecule has 1 aliphatic heterocycles. The Kier molecular flexibility index (Phi) is 5.35. The molecule has 0 amide bonds. The number of aryl methyl sites for hydroxylation is 1. The van der Waals surface area contributed by atoms with Gasteiger partial charge in [-0.05, 0) is 70.7 Å². The molecule has 0 spiro atoms. The highest BCUT2D eigenvalue weighted by Crippen LogP contribution is 2.34. The van der Waals surface area contributed by atoms with Crippen LogP contribution < -0.4 is 4.72 Å². The molecule has 0 fully saturated rings. The number of fused-ring (bicyclic) bond motifs is 3. The van der Waals surface area contributed by atoms with E-state index in [2.05, 4.69) is 9.71 Å². The number of benzene rings is 1. The average Bonchev–Trinajstić information content (AvgIpc) is 2.88. The van der Waals surface area contributed by atoms with Crippen molar-refractivity contribution in [2.75, 3.05) is 0 Å². The van der Waals surface area contributed by atoms with E-state index in [0.29, 0.717) is 18.4 Å². The van der Waals surface area contributed by atoms with Crippen LogP contribution in [0.2, 0.25) is 0 Å². The number of nitrogens with one attached hydrogen (secondary N) is 1. The standard InChI is InChI=1S/C19H24F3N3OS/c1-12(24-27(26)18(2,3)4)17-16-7-5-6-13-10-14(19(20,21)22)8-9-15(13)25(16)11-23-17/h8-12,24H,5-7H2,1-4H3/t12-,27?/m0/s1. The minimum atomic E-state index is -4.35. The van der Waals surface area contributed by atoms with Gasteiger partial charge in [0.25, 0.3) is 0 Å².